The van der Waals surface area contributed by atoms with Gasteiger partial charge in [0.15, 0.2) is 15.8 Å². The smallest absolute Gasteiger partial charge is 0.408 e. The van der Waals surface area contributed by atoms with E-state index in [1.807, 2.05) is 20.8 Å². The maximum atomic E-state index is 12.2. The minimum Gasteiger partial charge on any atom is -0.444 e. The van der Waals surface area contributed by atoms with E-state index in [4.69, 9.17) is 4.74 Å². The molecule has 0 aliphatic rings. The summed E-state index contributed by atoms with van der Waals surface area (Å²) in [5.74, 6) is 0.515. The number of ether oxygens (including phenoxy) is 1. The molecule has 0 fully saturated rings. The molecule has 0 atom stereocenters. The molecule has 0 spiro atoms. The van der Waals surface area contributed by atoms with Crippen molar-refractivity contribution >= 4 is 45.9 Å². The van der Waals surface area contributed by atoms with Gasteiger partial charge in [-0.2, -0.15) is 0 Å². The molecular weight excluding hydrogens is 495 g/mol. The molecule has 0 radical (unpaired) electrons. The third-order valence-corrected chi connectivity index (χ3v) is 6.02. The zero-order valence-electron chi connectivity index (χ0n) is 18.7. The summed E-state index contributed by atoms with van der Waals surface area (Å²) in [6.07, 6.45) is -0.503. The normalized spacial score (nSPS) is 13.4. The average molecular weight is 535 g/mol. The molecule has 0 saturated carbocycles. The van der Waals surface area contributed by atoms with E-state index in [1.165, 1.54) is 0 Å². The maximum absolute atomic E-state index is 12.2. The molecule has 8 nitrogen and oxygen atoms in total. The van der Waals surface area contributed by atoms with Gasteiger partial charge in [0, 0.05) is 13.1 Å². The van der Waals surface area contributed by atoms with Crippen LogP contribution in [0.2, 0.25) is 0 Å². The van der Waals surface area contributed by atoms with Crippen LogP contribution < -0.4 is 16.0 Å². The average Bonchev–Trinajstić information content (AvgIpc) is 2.40. The number of guanidine groups is 1. The molecule has 0 unspecified atom stereocenters. The number of hydrogen-bond donors (Lipinski definition) is 3. The number of carbonyl (C=O) groups is 1. The number of sulfone groups is 1. The van der Waals surface area contributed by atoms with E-state index in [-0.39, 0.29) is 36.3 Å². The first-order chi connectivity index (χ1) is 12.0. The third kappa shape index (κ3) is 12.6. The molecule has 3 N–H and O–H groups in total. The summed E-state index contributed by atoms with van der Waals surface area (Å²) in [7, 11) is -3.20. The van der Waals surface area contributed by atoms with Gasteiger partial charge < -0.3 is 20.7 Å². The highest BCUT2D eigenvalue weighted by molar-refractivity contribution is 14.0. The summed E-state index contributed by atoms with van der Waals surface area (Å²) in [4.78, 5) is 16.4. The summed E-state index contributed by atoms with van der Waals surface area (Å²) in [5, 5.41) is 8.89. The molecule has 0 heterocycles. The standard InChI is InChI=1S/C18H38N4O4S.HI/c1-10-19-14(20-11-12-27(24,25)17(5,6)7)21-13-18(8,9)22-15(23)26-16(2,3)4;/h10-13H2,1-9H3,(H,22,23)(H2,19,20,21);1H. The molecule has 0 aromatic carbocycles. The number of halogens is 1. The fraction of sp³-hybridized carbons (Fsp3) is 0.889. The lowest BCUT2D eigenvalue weighted by atomic mass is 10.1. The Morgan fingerprint density at radius 3 is 1.96 bits per heavy atom. The number of hydrogen-bond acceptors (Lipinski definition) is 5. The predicted molar refractivity (Wildman–Crippen MR) is 126 cm³/mol. The number of carbonyl (C=O) groups excluding carboxylic acids is 1. The molecule has 0 saturated heterocycles. The molecule has 0 aromatic heterocycles. The number of aliphatic imine (C=N–C) groups is 1. The van der Waals surface area contributed by atoms with E-state index in [2.05, 4.69) is 20.9 Å². The molecule has 1 amide bonds. The monoisotopic (exact) mass is 534 g/mol. The van der Waals surface area contributed by atoms with Crippen LogP contribution in [-0.2, 0) is 14.6 Å². The summed E-state index contributed by atoms with van der Waals surface area (Å²) in [6.45, 7) is 17.3. The largest absolute Gasteiger partial charge is 0.444 e. The summed E-state index contributed by atoms with van der Waals surface area (Å²) < 4.78 is 28.8. The van der Waals surface area contributed by atoms with Gasteiger partial charge in [-0.15, -0.1) is 24.0 Å². The number of amides is 1. The molecule has 0 aliphatic carbocycles. The first-order valence-corrected chi connectivity index (χ1v) is 10.9. The second-order valence-corrected chi connectivity index (χ2v) is 11.9. The van der Waals surface area contributed by atoms with Crippen LogP contribution in [0.5, 0.6) is 0 Å². The van der Waals surface area contributed by atoms with Crippen molar-refractivity contribution in [1.82, 2.24) is 16.0 Å². The lowest BCUT2D eigenvalue weighted by Gasteiger charge is -2.27. The highest BCUT2D eigenvalue weighted by Gasteiger charge is 2.28. The lowest BCUT2D eigenvalue weighted by molar-refractivity contribution is 0.0476. The third-order valence-electron chi connectivity index (χ3n) is 3.41. The first kappa shape index (κ1) is 29.4. The highest BCUT2D eigenvalue weighted by Crippen LogP contribution is 2.15. The molecule has 0 bridgehead atoms. The Morgan fingerprint density at radius 2 is 1.54 bits per heavy atom. The fourth-order valence-corrected chi connectivity index (χ4v) is 2.83. The van der Waals surface area contributed by atoms with Crippen LogP contribution in [0.3, 0.4) is 0 Å². The van der Waals surface area contributed by atoms with E-state index in [1.54, 1.807) is 41.5 Å². The maximum Gasteiger partial charge on any atom is 0.408 e. The van der Waals surface area contributed by atoms with Crippen molar-refractivity contribution in [2.45, 2.75) is 78.2 Å². The van der Waals surface area contributed by atoms with Crippen molar-refractivity contribution in [1.29, 1.82) is 0 Å². The number of nitrogens with zero attached hydrogens (tertiary/aromatic N) is 1. The fourth-order valence-electron chi connectivity index (χ4n) is 1.85. The van der Waals surface area contributed by atoms with E-state index < -0.39 is 31.8 Å². The number of rotatable bonds is 7. The van der Waals surface area contributed by atoms with Crippen molar-refractivity contribution in [2.24, 2.45) is 4.99 Å². The van der Waals surface area contributed by atoms with Gasteiger partial charge >= 0.3 is 6.09 Å². The minimum atomic E-state index is -3.20. The van der Waals surface area contributed by atoms with Crippen LogP contribution in [0.15, 0.2) is 4.99 Å². The molecule has 168 valence electrons. The quantitative estimate of drug-likeness (QED) is 0.263. The zero-order valence-corrected chi connectivity index (χ0v) is 21.9. The molecule has 10 heteroatoms. The Kier molecular flexibility index (Phi) is 12.0. The Bertz CT molecular complexity index is 620. The Hall–Kier alpha value is -0.780. The predicted octanol–water partition coefficient (Wildman–Crippen LogP) is 2.68. The molecule has 0 rings (SSSR count). The van der Waals surface area contributed by atoms with E-state index in [0.29, 0.717) is 19.0 Å². The van der Waals surface area contributed by atoms with Crippen LogP contribution >= 0.6 is 24.0 Å². The van der Waals surface area contributed by atoms with Crippen molar-refractivity contribution < 1.29 is 17.9 Å². The molecular formula is C18H39IN4O4S. The van der Waals surface area contributed by atoms with Crippen molar-refractivity contribution in [3.05, 3.63) is 0 Å². The van der Waals surface area contributed by atoms with E-state index in [0.717, 1.165) is 0 Å². The molecule has 0 aromatic rings. The van der Waals surface area contributed by atoms with Gasteiger partial charge in [0.2, 0.25) is 0 Å². The van der Waals surface area contributed by atoms with Gasteiger partial charge in [-0.1, -0.05) is 0 Å². The zero-order chi connectivity index (χ0) is 21.5. The van der Waals surface area contributed by atoms with Crippen molar-refractivity contribution in [3.63, 3.8) is 0 Å². The summed E-state index contributed by atoms with van der Waals surface area (Å²) in [5.41, 5.74) is -1.19. The van der Waals surface area contributed by atoms with Gasteiger partial charge in [-0.05, 0) is 62.3 Å². The first-order valence-electron chi connectivity index (χ1n) is 9.25. The van der Waals surface area contributed by atoms with Crippen LogP contribution in [0.1, 0.15) is 62.3 Å². The van der Waals surface area contributed by atoms with Gasteiger partial charge in [0.05, 0.1) is 22.6 Å². The second kappa shape index (κ2) is 11.4. The van der Waals surface area contributed by atoms with Crippen LogP contribution in [-0.4, -0.2) is 61.7 Å². The minimum absolute atomic E-state index is 0. The topological polar surface area (TPSA) is 109 Å². The second-order valence-electron chi connectivity index (χ2n) is 9.06. The Balaban J connectivity index is 0. The van der Waals surface area contributed by atoms with E-state index >= 15 is 0 Å². The van der Waals surface area contributed by atoms with Gasteiger partial charge in [-0.3, -0.25) is 4.99 Å². The summed E-state index contributed by atoms with van der Waals surface area (Å²) in [6, 6.07) is 0. The van der Waals surface area contributed by atoms with Gasteiger partial charge in [-0.25, -0.2) is 13.2 Å². The molecule has 0 aliphatic heterocycles. The SMILES string of the molecule is CCNC(=NCC(C)(C)NC(=O)OC(C)(C)C)NCCS(=O)(=O)C(C)(C)C.I. The van der Waals surface area contributed by atoms with Crippen LogP contribution in [0.4, 0.5) is 4.79 Å². The Morgan fingerprint density at radius 1 is 1.00 bits per heavy atom. The van der Waals surface area contributed by atoms with Crippen LogP contribution in [0, 0.1) is 0 Å². The summed E-state index contributed by atoms with van der Waals surface area (Å²) >= 11 is 0. The Labute approximate surface area is 188 Å². The number of nitrogens with one attached hydrogen (secondary N) is 3. The molecule has 28 heavy (non-hydrogen) atoms. The van der Waals surface area contributed by atoms with Gasteiger partial charge in [0.1, 0.15) is 5.60 Å². The van der Waals surface area contributed by atoms with Gasteiger partial charge in [0.25, 0.3) is 0 Å². The van der Waals surface area contributed by atoms with Crippen molar-refractivity contribution in [2.75, 3.05) is 25.4 Å². The highest BCUT2D eigenvalue weighted by atomic mass is 127. The van der Waals surface area contributed by atoms with E-state index in [9.17, 15) is 13.2 Å². The van der Waals surface area contributed by atoms with Crippen molar-refractivity contribution in [3.8, 4) is 0 Å². The number of alkyl carbamates (subject to hydrolysis) is 1. The van der Waals surface area contributed by atoms with Crippen LogP contribution in [0.25, 0.3) is 0 Å². The lowest BCUT2D eigenvalue weighted by Crippen LogP contribution is -2.49.